The maximum absolute atomic E-state index is 15.9. The molecular formula is C36H46FN5O8S. The van der Waals surface area contributed by atoms with Gasteiger partial charge < -0.3 is 23.7 Å². The van der Waals surface area contributed by atoms with Crippen molar-refractivity contribution in [1.29, 1.82) is 0 Å². The minimum absolute atomic E-state index is 0.0976. The molecule has 3 aliphatic rings. The van der Waals surface area contributed by atoms with Gasteiger partial charge in [-0.25, -0.2) is 13.9 Å². The van der Waals surface area contributed by atoms with Gasteiger partial charge in [0.1, 0.15) is 5.58 Å². The van der Waals surface area contributed by atoms with E-state index >= 15 is 4.39 Å². The van der Waals surface area contributed by atoms with E-state index in [0.29, 0.717) is 37.0 Å². The van der Waals surface area contributed by atoms with Crippen molar-refractivity contribution in [2.75, 3.05) is 66.0 Å². The number of benzene rings is 2. The van der Waals surface area contributed by atoms with Gasteiger partial charge >= 0.3 is 15.8 Å². The third-order valence-electron chi connectivity index (χ3n) is 10.8. The van der Waals surface area contributed by atoms with Gasteiger partial charge in [-0.2, -0.15) is 12.7 Å². The van der Waals surface area contributed by atoms with Crippen LogP contribution in [0.25, 0.3) is 11.0 Å². The fourth-order valence-corrected chi connectivity index (χ4v) is 8.86. The van der Waals surface area contributed by atoms with Crippen molar-refractivity contribution in [2.24, 2.45) is 0 Å². The predicted molar refractivity (Wildman–Crippen MR) is 190 cm³/mol. The Bertz CT molecular complexity index is 2030. The highest BCUT2D eigenvalue weighted by molar-refractivity contribution is 7.87. The molecule has 15 heteroatoms. The van der Waals surface area contributed by atoms with Gasteiger partial charge in [0.15, 0.2) is 11.6 Å². The number of ether oxygens (including phenoxy) is 2. The first-order valence-corrected chi connectivity index (χ1v) is 18.7. The number of likely N-dealkylation sites (N-methyl/N-ethyl adjacent to an activating group) is 1. The van der Waals surface area contributed by atoms with Crippen LogP contribution in [0.15, 0.2) is 27.4 Å². The summed E-state index contributed by atoms with van der Waals surface area (Å²) < 4.78 is 61.4. The first-order valence-electron chi connectivity index (χ1n) is 17.3. The van der Waals surface area contributed by atoms with Crippen LogP contribution < -0.4 is 20.0 Å². The Hall–Kier alpha value is -4.05. The summed E-state index contributed by atoms with van der Waals surface area (Å²) in [6.45, 7) is 7.11. The number of amides is 2. The molecule has 2 aromatic carbocycles. The van der Waals surface area contributed by atoms with E-state index in [-0.39, 0.29) is 36.3 Å². The van der Waals surface area contributed by atoms with Crippen LogP contribution in [-0.4, -0.2) is 108 Å². The topological polar surface area (TPSA) is 142 Å². The Balaban J connectivity index is 1.25. The fraction of sp³-hybridized carbons (Fsp3) is 0.528. The molecule has 1 atom stereocenters. The summed E-state index contributed by atoms with van der Waals surface area (Å²) >= 11 is 0. The van der Waals surface area contributed by atoms with Crippen molar-refractivity contribution in [3.8, 4) is 5.75 Å². The van der Waals surface area contributed by atoms with Crippen molar-refractivity contribution in [2.45, 2.75) is 64.6 Å². The first kappa shape index (κ1) is 36.7. The summed E-state index contributed by atoms with van der Waals surface area (Å²) in [7, 11) is 2.11. The smallest absolute Gasteiger partial charge is 0.341 e. The third kappa shape index (κ3) is 6.84. The van der Waals surface area contributed by atoms with Crippen molar-refractivity contribution < 1.29 is 36.3 Å². The van der Waals surface area contributed by atoms with Crippen LogP contribution in [0.4, 0.5) is 10.1 Å². The highest BCUT2D eigenvalue weighted by atomic mass is 32.2. The van der Waals surface area contributed by atoms with Gasteiger partial charge in [0.2, 0.25) is 0 Å². The second kappa shape index (κ2) is 14.5. The summed E-state index contributed by atoms with van der Waals surface area (Å²) in [5.74, 6) is -3.46. The third-order valence-corrected chi connectivity index (χ3v) is 12.3. The Kier molecular flexibility index (Phi) is 10.5. The van der Waals surface area contributed by atoms with Crippen LogP contribution in [0.5, 0.6) is 5.75 Å². The number of methoxy groups -OCH3 is 2. The van der Waals surface area contributed by atoms with Crippen molar-refractivity contribution in [3.05, 3.63) is 67.8 Å². The number of anilines is 1. The SMILES string of the molecule is COC[C@H]1CN(c2cc(C)c3c4c(c(=O)oc3c2C)CN(C(=O)c2ccc(C(=O)NS(=O)(=O)N(C)C3CCCC3)c(OC)c2F)CC4)CCN1C. The molecule has 3 heterocycles. The Morgan fingerprint density at radius 1 is 1.08 bits per heavy atom. The predicted octanol–water partition coefficient (Wildman–Crippen LogP) is 3.37. The second-order valence-electron chi connectivity index (χ2n) is 13.8. The van der Waals surface area contributed by atoms with E-state index in [9.17, 15) is 22.8 Å². The van der Waals surface area contributed by atoms with Gasteiger partial charge in [-0.1, -0.05) is 12.8 Å². The normalized spacial score (nSPS) is 18.8. The van der Waals surface area contributed by atoms with Crippen LogP contribution in [0.3, 0.4) is 0 Å². The van der Waals surface area contributed by atoms with Crippen LogP contribution in [0.1, 0.15) is 68.7 Å². The number of hydrogen-bond donors (Lipinski definition) is 1. The largest absolute Gasteiger partial charge is 0.493 e. The summed E-state index contributed by atoms with van der Waals surface area (Å²) in [5, 5.41) is 0.845. The van der Waals surface area contributed by atoms with E-state index in [0.717, 1.165) is 83.8 Å². The van der Waals surface area contributed by atoms with Gasteiger partial charge in [0.05, 0.1) is 43.0 Å². The summed E-state index contributed by atoms with van der Waals surface area (Å²) in [5.41, 5.74) is 3.18. The number of carbonyl (C=O) groups excluding carboxylic acids is 2. The number of aryl methyl sites for hydroxylation is 2. The Morgan fingerprint density at radius 3 is 2.47 bits per heavy atom. The molecular weight excluding hydrogens is 681 g/mol. The van der Waals surface area contributed by atoms with Gasteiger partial charge in [-0.3, -0.25) is 14.5 Å². The molecule has 51 heavy (non-hydrogen) atoms. The lowest BCUT2D eigenvalue weighted by Crippen LogP contribution is -2.53. The van der Waals surface area contributed by atoms with Gasteiger partial charge in [0.25, 0.3) is 11.8 Å². The molecule has 1 N–H and O–H groups in total. The molecule has 0 unspecified atom stereocenters. The zero-order valence-corrected chi connectivity index (χ0v) is 30.8. The molecule has 0 radical (unpaired) electrons. The Morgan fingerprint density at radius 2 is 1.78 bits per heavy atom. The van der Waals surface area contributed by atoms with Gasteiger partial charge in [0, 0.05) is 63.0 Å². The molecule has 6 rings (SSSR count). The second-order valence-corrected chi connectivity index (χ2v) is 15.5. The van der Waals surface area contributed by atoms with Crippen molar-refractivity contribution in [3.63, 3.8) is 0 Å². The maximum Gasteiger partial charge on any atom is 0.341 e. The van der Waals surface area contributed by atoms with Crippen molar-refractivity contribution in [1.82, 2.24) is 18.8 Å². The molecule has 2 aliphatic heterocycles. The van der Waals surface area contributed by atoms with E-state index in [4.69, 9.17) is 13.9 Å². The lowest BCUT2D eigenvalue weighted by molar-refractivity contribution is 0.0726. The lowest BCUT2D eigenvalue weighted by Gasteiger charge is -2.41. The lowest BCUT2D eigenvalue weighted by atomic mass is 9.92. The van der Waals surface area contributed by atoms with E-state index in [1.807, 2.05) is 18.6 Å². The highest BCUT2D eigenvalue weighted by Gasteiger charge is 2.34. The van der Waals surface area contributed by atoms with Crippen LogP contribution in [0.2, 0.25) is 0 Å². The minimum atomic E-state index is -4.21. The molecule has 13 nitrogen and oxygen atoms in total. The minimum Gasteiger partial charge on any atom is -0.493 e. The molecule has 0 spiro atoms. The maximum atomic E-state index is 15.9. The molecule has 1 saturated carbocycles. The zero-order chi connectivity index (χ0) is 36.8. The van der Waals surface area contributed by atoms with E-state index in [1.54, 1.807) is 7.11 Å². The number of nitrogens with zero attached hydrogens (tertiary/aromatic N) is 4. The average Bonchev–Trinajstić information content (AvgIpc) is 3.65. The Labute approximate surface area is 297 Å². The van der Waals surface area contributed by atoms with Gasteiger partial charge in [-0.05, 0) is 69.5 Å². The molecule has 1 saturated heterocycles. The molecule has 276 valence electrons. The highest BCUT2D eigenvalue weighted by Crippen LogP contribution is 2.37. The number of fused-ring (bicyclic) bond motifs is 3. The molecule has 1 aliphatic carbocycles. The number of nitrogens with one attached hydrogen (secondary N) is 1. The van der Waals surface area contributed by atoms with Crippen LogP contribution in [-0.2, 0) is 27.9 Å². The summed E-state index contributed by atoms with van der Waals surface area (Å²) in [4.78, 5) is 46.3. The molecule has 2 fully saturated rings. The van der Waals surface area contributed by atoms with Crippen LogP contribution >= 0.6 is 0 Å². The first-order chi connectivity index (χ1) is 24.3. The van der Waals surface area contributed by atoms with E-state index in [1.165, 1.54) is 11.9 Å². The molecule has 0 bridgehead atoms. The molecule has 1 aromatic heterocycles. The van der Waals surface area contributed by atoms with Gasteiger partial charge in [-0.15, -0.1) is 0 Å². The van der Waals surface area contributed by atoms with Crippen molar-refractivity contribution >= 4 is 38.7 Å². The number of halogens is 1. The van der Waals surface area contributed by atoms with E-state index < -0.39 is 39.2 Å². The van der Waals surface area contributed by atoms with Crippen LogP contribution in [0, 0.1) is 19.7 Å². The summed E-state index contributed by atoms with van der Waals surface area (Å²) in [6, 6.07) is 4.41. The number of hydrogen-bond acceptors (Lipinski definition) is 10. The molecule has 2 amide bonds. The summed E-state index contributed by atoms with van der Waals surface area (Å²) in [6.07, 6.45) is 3.51. The quantitative estimate of drug-likeness (QED) is 0.326. The van der Waals surface area contributed by atoms with E-state index in [2.05, 4.69) is 22.9 Å². The number of piperazine rings is 1. The number of rotatable bonds is 9. The standard InChI is InChI=1S/C36H46FN5O8S/c1-21-17-29(41-16-15-39(3)24(18-41)20-48-5)22(2)32-30(21)25-13-14-42(19-28(25)36(45)50-32)35(44)26-11-12-27(33(49-6)31(26)37)34(43)38-51(46,47)40(4)23-9-7-8-10-23/h11-12,17,23-24H,7-10,13-16,18-20H2,1-6H3,(H,38,43)/t24-/m1/s1. The molecule has 3 aromatic rings. The fourth-order valence-electron chi connectivity index (χ4n) is 7.77. The number of carbonyl (C=O) groups is 2. The average molecular weight is 728 g/mol. The zero-order valence-electron chi connectivity index (χ0n) is 30.0. The monoisotopic (exact) mass is 727 g/mol.